The van der Waals surface area contributed by atoms with Gasteiger partial charge in [0.2, 0.25) is 11.8 Å². The summed E-state index contributed by atoms with van der Waals surface area (Å²) in [6, 6.07) is -0.634. The molecule has 0 aliphatic carbocycles. The first-order chi connectivity index (χ1) is 13.6. The van der Waals surface area contributed by atoms with Crippen LogP contribution >= 0.6 is 0 Å². The molecule has 7 heteroatoms. The molecule has 0 fully saturated rings. The van der Waals surface area contributed by atoms with Gasteiger partial charge in [-0.25, -0.2) is 4.79 Å². The lowest BCUT2D eigenvalue weighted by atomic mass is 9.87. The van der Waals surface area contributed by atoms with Gasteiger partial charge in [0.25, 0.3) is 0 Å². The van der Waals surface area contributed by atoms with E-state index in [1.165, 1.54) is 4.90 Å². The molecule has 0 aromatic carbocycles. The molecule has 0 aliphatic heterocycles. The number of carbonyl (C=O) groups is 3. The summed E-state index contributed by atoms with van der Waals surface area (Å²) in [5, 5.41) is 6.18. The normalized spacial score (nSPS) is 13.2. The van der Waals surface area contributed by atoms with Crippen molar-refractivity contribution in [3.8, 4) is 0 Å². The van der Waals surface area contributed by atoms with Crippen molar-refractivity contribution in [2.24, 2.45) is 5.92 Å². The first-order valence-corrected chi connectivity index (χ1v) is 10.7. The number of nitrogens with one attached hydrogen (secondary N) is 2. The SMILES string of the molecule is CCCC(CCC)(NC)C(=O)NC(C(=O)N(C)C/C=C(\C)C(=O)OCC)C(C)C. The highest BCUT2D eigenvalue weighted by Crippen LogP contribution is 2.21. The standard InChI is InChI=1S/C22H41N3O4/c1-9-13-22(23-7,14-10-2)21(28)24-18(16(4)5)19(26)25(8)15-12-17(6)20(27)29-11-3/h12,16,18,23H,9-11,13-15H2,1-8H3,(H,24,28)/b17-12+. The van der Waals surface area contributed by atoms with Crippen LogP contribution in [0, 0.1) is 5.92 Å². The second-order valence-electron chi connectivity index (χ2n) is 7.85. The predicted octanol–water partition coefficient (Wildman–Crippen LogP) is 2.65. The Morgan fingerprint density at radius 2 is 1.66 bits per heavy atom. The van der Waals surface area contributed by atoms with Gasteiger partial charge in [0, 0.05) is 19.2 Å². The van der Waals surface area contributed by atoms with Gasteiger partial charge in [-0.15, -0.1) is 0 Å². The lowest BCUT2D eigenvalue weighted by Gasteiger charge is -2.35. The molecule has 168 valence electrons. The fourth-order valence-corrected chi connectivity index (χ4v) is 3.29. The molecule has 0 spiro atoms. The highest BCUT2D eigenvalue weighted by atomic mass is 16.5. The van der Waals surface area contributed by atoms with E-state index >= 15 is 0 Å². The summed E-state index contributed by atoms with van der Waals surface area (Å²) in [6.45, 7) is 11.9. The largest absolute Gasteiger partial charge is 0.463 e. The predicted molar refractivity (Wildman–Crippen MR) is 116 cm³/mol. The second-order valence-corrected chi connectivity index (χ2v) is 7.85. The Morgan fingerprint density at radius 1 is 1.10 bits per heavy atom. The summed E-state index contributed by atoms with van der Waals surface area (Å²) in [6.07, 6.45) is 4.82. The first kappa shape index (κ1) is 27.1. The number of nitrogens with zero attached hydrogens (tertiary/aromatic N) is 1. The fraction of sp³-hybridized carbons (Fsp3) is 0.773. The molecule has 0 aromatic heterocycles. The zero-order valence-electron chi connectivity index (χ0n) is 19.6. The van der Waals surface area contributed by atoms with E-state index in [0.29, 0.717) is 25.0 Å². The van der Waals surface area contributed by atoms with E-state index in [0.717, 1.165) is 12.8 Å². The molecule has 0 saturated carbocycles. The number of hydrogen-bond donors (Lipinski definition) is 2. The molecule has 0 heterocycles. The summed E-state index contributed by atoms with van der Waals surface area (Å²) in [7, 11) is 3.47. The molecule has 1 atom stereocenters. The van der Waals surface area contributed by atoms with Crippen LogP contribution in [-0.2, 0) is 19.1 Å². The van der Waals surface area contributed by atoms with Gasteiger partial charge in [0.1, 0.15) is 6.04 Å². The van der Waals surface area contributed by atoms with Gasteiger partial charge >= 0.3 is 5.97 Å². The van der Waals surface area contributed by atoms with Crippen molar-refractivity contribution < 1.29 is 19.1 Å². The summed E-state index contributed by atoms with van der Waals surface area (Å²) in [5.74, 6) is -0.775. The molecule has 0 aliphatic rings. The molecule has 0 aromatic rings. The van der Waals surface area contributed by atoms with E-state index in [-0.39, 0.29) is 30.2 Å². The Morgan fingerprint density at radius 3 is 2.07 bits per heavy atom. The minimum absolute atomic E-state index is 0.0677. The molecule has 29 heavy (non-hydrogen) atoms. The maximum absolute atomic E-state index is 13.1. The van der Waals surface area contributed by atoms with Crippen molar-refractivity contribution in [3.63, 3.8) is 0 Å². The third-order valence-corrected chi connectivity index (χ3v) is 5.13. The van der Waals surface area contributed by atoms with Gasteiger partial charge < -0.3 is 20.3 Å². The Labute approximate surface area is 176 Å². The van der Waals surface area contributed by atoms with Gasteiger partial charge in [-0.3, -0.25) is 9.59 Å². The Balaban J connectivity index is 5.34. The number of hydrogen-bond acceptors (Lipinski definition) is 5. The minimum atomic E-state index is -0.671. The zero-order chi connectivity index (χ0) is 22.6. The van der Waals surface area contributed by atoms with Crippen LogP contribution in [0.3, 0.4) is 0 Å². The molecular formula is C22H41N3O4. The smallest absolute Gasteiger partial charge is 0.333 e. The van der Waals surface area contributed by atoms with Gasteiger partial charge in [-0.2, -0.15) is 0 Å². The van der Waals surface area contributed by atoms with Crippen LogP contribution in [0.15, 0.2) is 11.6 Å². The van der Waals surface area contributed by atoms with Crippen LogP contribution in [-0.4, -0.2) is 61.5 Å². The summed E-state index contributed by atoms with van der Waals surface area (Å²) in [5.41, 5.74) is -0.215. The number of likely N-dealkylation sites (N-methyl/N-ethyl adjacent to an activating group) is 2. The third-order valence-electron chi connectivity index (χ3n) is 5.13. The van der Waals surface area contributed by atoms with Gasteiger partial charge in [0.15, 0.2) is 0 Å². The second kappa shape index (κ2) is 13.4. The van der Waals surface area contributed by atoms with Gasteiger partial charge in [0.05, 0.1) is 12.1 Å². The van der Waals surface area contributed by atoms with Crippen molar-refractivity contribution in [2.75, 3.05) is 27.2 Å². The maximum atomic E-state index is 13.1. The average Bonchev–Trinajstić information content (AvgIpc) is 2.68. The van der Waals surface area contributed by atoms with E-state index in [4.69, 9.17) is 4.74 Å². The van der Waals surface area contributed by atoms with Crippen molar-refractivity contribution in [1.29, 1.82) is 0 Å². The molecular weight excluding hydrogens is 370 g/mol. The molecule has 0 saturated heterocycles. The van der Waals surface area contributed by atoms with Crippen LogP contribution in [0.25, 0.3) is 0 Å². The van der Waals surface area contributed by atoms with Gasteiger partial charge in [-0.1, -0.05) is 46.6 Å². The van der Waals surface area contributed by atoms with E-state index < -0.39 is 11.6 Å². The van der Waals surface area contributed by atoms with Crippen molar-refractivity contribution in [3.05, 3.63) is 11.6 Å². The lowest BCUT2D eigenvalue weighted by molar-refractivity contribution is -0.139. The highest BCUT2D eigenvalue weighted by Gasteiger charge is 2.38. The summed E-state index contributed by atoms with van der Waals surface area (Å²) < 4.78 is 4.96. The van der Waals surface area contributed by atoms with E-state index in [9.17, 15) is 14.4 Å². The quantitative estimate of drug-likeness (QED) is 0.359. The Hall–Kier alpha value is -1.89. The topological polar surface area (TPSA) is 87.7 Å². The molecule has 0 bridgehead atoms. The van der Waals surface area contributed by atoms with Crippen LogP contribution < -0.4 is 10.6 Å². The zero-order valence-corrected chi connectivity index (χ0v) is 19.6. The summed E-state index contributed by atoms with van der Waals surface area (Å²) in [4.78, 5) is 39.4. The lowest BCUT2D eigenvalue weighted by Crippen LogP contribution is -2.60. The first-order valence-electron chi connectivity index (χ1n) is 10.7. The van der Waals surface area contributed by atoms with E-state index in [2.05, 4.69) is 10.6 Å². The van der Waals surface area contributed by atoms with Crippen LogP contribution in [0.4, 0.5) is 0 Å². The van der Waals surface area contributed by atoms with E-state index in [1.807, 2.05) is 27.7 Å². The van der Waals surface area contributed by atoms with Gasteiger partial charge in [-0.05, 0) is 39.7 Å². The maximum Gasteiger partial charge on any atom is 0.333 e. The number of rotatable bonds is 13. The molecule has 0 radical (unpaired) electrons. The third kappa shape index (κ3) is 8.17. The number of carbonyl (C=O) groups excluding carboxylic acids is 3. The Bertz CT molecular complexity index is 566. The van der Waals surface area contributed by atoms with Crippen molar-refractivity contribution >= 4 is 17.8 Å². The number of amides is 2. The molecule has 2 N–H and O–H groups in total. The van der Waals surface area contributed by atoms with E-state index in [1.54, 1.807) is 34.0 Å². The monoisotopic (exact) mass is 411 g/mol. The molecule has 7 nitrogen and oxygen atoms in total. The molecule has 0 rings (SSSR count). The average molecular weight is 412 g/mol. The minimum Gasteiger partial charge on any atom is -0.463 e. The number of ether oxygens (including phenoxy) is 1. The Kier molecular flexibility index (Phi) is 12.5. The fourth-order valence-electron chi connectivity index (χ4n) is 3.29. The van der Waals surface area contributed by atoms with Crippen LogP contribution in [0.1, 0.15) is 67.2 Å². The molecule has 1 unspecified atom stereocenters. The van der Waals surface area contributed by atoms with Crippen molar-refractivity contribution in [1.82, 2.24) is 15.5 Å². The van der Waals surface area contributed by atoms with Crippen LogP contribution in [0.5, 0.6) is 0 Å². The highest BCUT2D eigenvalue weighted by molar-refractivity contribution is 5.92. The molecule has 2 amide bonds. The summed E-state index contributed by atoms with van der Waals surface area (Å²) >= 11 is 0. The number of esters is 1. The van der Waals surface area contributed by atoms with Crippen LogP contribution in [0.2, 0.25) is 0 Å². The van der Waals surface area contributed by atoms with Crippen molar-refractivity contribution in [2.45, 2.75) is 78.8 Å².